The molecule has 2 aliphatic rings. The molecule has 0 radical (unpaired) electrons. The van der Waals surface area contributed by atoms with E-state index >= 15 is 0 Å². The summed E-state index contributed by atoms with van der Waals surface area (Å²) in [5, 5.41) is 9.72. The second kappa shape index (κ2) is 5.24. The van der Waals surface area contributed by atoms with Crippen molar-refractivity contribution in [2.45, 2.75) is 18.6 Å². The molecular weight excluding hydrogens is 282 g/mol. The first-order chi connectivity index (χ1) is 9.60. The number of halogens is 1. The molecule has 3 rings (SSSR count). The zero-order valence-electron chi connectivity index (χ0n) is 11.0. The Morgan fingerprint density at radius 1 is 1.25 bits per heavy atom. The second-order valence-corrected chi connectivity index (χ2v) is 5.50. The van der Waals surface area contributed by atoms with Gasteiger partial charge < -0.3 is 19.5 Å². The van der Waals surface area contributed by atoms with E-state index < -0.39 is 11.8 Å². The van der Waals surface area contributed by atoms with Crippen LogP contribution in [0.3, 0.4) is 0 Å². The molecule has 2 heterocycles. The lowest BCUT2D eigenvalue weighted by Crippen LogP contribution is -2.45. The van der Waals surface area contributed by atoms with Gasteiger partial charge in [0.2, 0.25) is 0 Å². The average Bonchev–Trinajstić information content (AvgIpc) is 2.88. The van der Waals surface area contributed by atoms with E-state index in [1.165, 1.54) is 6.07 Å². The molecule has 1 N–H and O–H groups in total. The van der Waals surface area contributed by atoms with Gasteiger partial charge in [-0.25, -0.2) is 4.79 Å². The highest BCUT2D eigenvalue weighted by molar-refractivity contribution is 6.31. The number of benzene rings is 1. The van der Waals surface area contributed by atoms with Crippen LogP contribution in [-0.4, -0.2) is 43.2 Å². The molecule has 0 aliphatic carbocycles. The van der Waals surface area contributed by atoms with Gasteiger partial charge in [0, 0.05) is 31.0 Å². The molecule has 0 unspecified atom stereocenters. The first kappa shape index (κ1) is 13.7. The Bertz CT molecular complexity index is 518. The van der Waals surface area contributed by atoms with Gasteiger partial charge in [-0.1, -0.05) is 11.6 Å². The predicted molar refractivity (Wildman–Crippen MR) is 74.5 cm³/mol. The predicted octanol–water partition coefficient (Wildman–Crippen LogP) is 2.38. The maximum absolute atomic E-state index is 11.3. The van der Waals surface area contributed by atoms with Gasteiger partial charge in [0.05, 0.1) is 24.5 Å². The number of carbonyl (C=O) groups is 1. The van der Waals surface area contributed by atoms with E-state index in [0.717, 1.165) is 12.8 Å². The minimum atomic E-state index is -0.962. The standard InChI is InChI=1S/C14H16ClNO4/c15-10-1-2-12(11(9-10)13(17)18)16-5-3-14(4-6-16)19-7-8-20-14/h1-2,9H,3-8H2,(H,17,18). The van der Waals surface area contributed by atoms with E-state index in [9.17, 15) is 9.90 Å². The van der Waals surface area contributed by atoms with Crippen LogP contribution >= 0.6 is 11.6 Å². The zero-order chi connectivity index (χ0) is 14.2. The van der Waals surface area contributed by atoms with Crippen molar-refractivity contribution in [3.8, 4) is 0 Å². The highest BCUT2D eigenvalue weighted by Crippen LogP contribution is 2.34. The van der Waals surface area contributed by atoms with Crippen molar-refractivity contribution in [3.05, 3.63) is 28.8 Å². The van der Waals surface area contributed by atoms with Gasteiger partial charge in [0.15, 0.2) is 5.79 Å². The van der Waals surface area contributed by atoms with Crippen molar-refractivity contribution in [2.24, 2.45) is 0 Å². The molecule has 0 saturated carbocycles. The minimum absolute atomic E-state index is 0.238. The third-order valence-corrected chi connectivity index (χ3v) is 4.10. The molecule has 1 aromatic rings. The number of carboxylic acid groups (broad SMARTS) is 1. The maximum atomic E-state index is 11.3. The van der Waals surface area contributed by atoms with Gasteiger partial charge in [-0.05, 0) is 18.2 Å². The summed E-state index contributed by atoms with van der Waals surface area (Å²) in [7, 11) is 0. The molecule has 0 aromatic heterocycles. The summed E-state index contributed by atoms with van der Waals surface area (Å²) < 4.78 is 11.4. The van der Waals surface area contributed by atoms with Gasteiger partial charge in [0.25, 0.3) is 0 Å². The van der Waals surface area contributed by atoms with E-state index in [0.29, 0.717) is 37.0 Å². The number of ether oxygens (including phenoxy) is 2. The largest absolute Gasteiger partial charge is 0.478 e. The van der Waals surface area contributed by atoms with Gasteiger partial charge in [-0.2, -0.15) is 0 Å². The highest BCUT2D eigenvalue weighted by Gasteiger charge is 2.40. The zero-order valence-corrected chi connectivity index (χ0v) is 11.7. The Balaban J connectivity index is 1.79. The van der Waals surface area contributed by atoms with Crippen LogP contribution in [0, 0.1) is 0 Å². The SMILES string of the molecule is O=C(O)c1cc(Cl)ccc1N1CCC2(CC1)OCCO2. The Morgan fingerprint density at radius 3 is 2.50 bits per heavy atom. The number of nitrogens with zero attached hydrogens (tertiary/aromatic N) is 1. The van der Waals surface area contributed by atoms with Crippen molar-refractivity contribution in [1.29, 1.82) is 0 Å². The molecule has 0 atom stereocenters. The summed E-state index contributed by atoms with van der Waals surface area (Å²) >= 11 is 5.88. The fraction of sp³-hybridized carbons (Fsp3) is 0.500. The van der Waals surface area contributed by atoms with Gasteiger partial charge >= 0.3 is 5.97 Å². The van der Waals surface area contributed by atoms with E-state index in [2.05, 4.69) is 4.90 Å². The monoisotopic (exact) mass is 297 g/mol. The molecule has 5 nitrogen and oxygen atoms in total. The molecule has 1 aromatic carbocycles. The van der Waals surface area contributed by atoms with Crippen LogP contribution in [0.1, 0.15) is 23.2 Å². The Hall–Kier alpha value is -1.30. The van der Waals surface area contributed by atoms with Crippen molar-refractivity contribution in [1.82, 2.24) is 0 Å². The summed E-state index contributed by atoms with van der Waals surface area (Å²) in [5.41, 5.74) is 0.941. The highest BCUT2D eigenvalue weighted by atomic mass is 35.5. The first-order valence-corrected chi connectivity index (χ1v) is 7.03. The summed E-state index contributed by atoms with van der Waals surface area (Å²) in [6, 6.07) is 4.97. The molecule has 2 aliphatic heterocycles. The lowest BCUT2D eigenvalue weighted by atomic mass is 10.0. The smallest absolute Gasteiger partial charge is 0.337 e. The van der Waals surface area contributed by atoms with Crippen LogP contribution in [-0.2, 0) is 9.47 Å². The Morgan fingerprint density at radius 2 is 1.90 bits per heavy atom. The third kappa shape index (κ3) is 2.49. The number of aromatic carboxylic acids is 1. The number of hydrogen-bond acceptors (Lipinski definition) is 4. The van der Waals surface area contributed by atoms with E-state index in [1.54, 1.807) is 12.1 Å². The number of anilines is 1. The summed E-state index contributed by atoms with van der Waals surface area (Å²) in [6.07, 6.45) is 1.49. The topological polar surface area (TPSA) is 59.0 Å². The average molecular weight is 298 g/mol. The van der Waals surface area contributed by atoms with E-state index in [1.807, 2.05) is 0 Å². The molecule has 2 fully saturated rings. The second-order valence-electron chi connectivity index (χ2n) is 5.06. The fourth-order valence-electron chi connectivity index (χ4n) is 2.83. The van der Waals surface area contributed by atoms with Crippen LogP contribution < -0.4 is 4.90 Å². The van der Waals surface area contributed by atoms with Crippen molar-refractivity contribution in [3.63, 3.8) is 0 Å². The molecular formula is C14H16ClNO4. The number of piperidine rings is 1. The molecule has 1 spiro atoms. The van der Waals surface area contributed by atoms with Crippen molar-refractivity contribution < 1.29 is 19.4 Å². The molecule has 0 bridgehead atoms. The third-order valence-electron chi connectivity index (χ3n) is 3.87. The van der Waals surface area contributed by atoms with Crippen LogP contribution in [0.5, 0.6) is 0 Å². The summed E-state index contributed by atoms with van der Waals surface area (Å²) in [4.78, 5) is 13.4. The van der Waals surface area contributed by atoms with Crippen molar-refractivity contribution in [2.75, 3.05) is 31.2 Å². The normalized spacial score (nSPS) is 21.4. The number of carboxylic acids is 1. The van der Waals surface area contributed by atoms with E-state index in [4.69, 9.17) is 21.1 Å². The van der Waals surface area contributed by atoms with Gasteiger partial charge in [0.1, 0.15) is 0 Å². The fourth-order valence-corrected chi connectivity index (χ4v) is 3.00. The number of rotatable bonds is 2. The molecule has 20 heavy (non-hydrogen) atoms. The quantitative estimate of drug-likeness (QED) is 0.908. The van der Waals surface area contributed by atoms with Crippen LogP contribution in [0.15, 0.2) is 18.2 Å². The molecule has 108 valence electrons. The Labute approximate surface area is 122 Å². The Kier molecular flexibility index (Phi) is 3.58. The first-order valence-electron chi connectivity index (χ1n) is 6.65. The summed E-state index contributed by atoms with van der Waals surface area (Å²) in [5.74, 6) is -1.41. The lowest BCUT2D eigenvalue weighted by Gasteiger charge is -2.39. The minimum Gasteiger partial charge on any atom is -0.478 e. The molecule has 2 saturated heterocycles. The summed E-state index contributed by atoms with van der Waals surface area (Å²) in [6.45, 7) is 2.70. The molecule has 6 heteroatoms. The molecule has 0 amide bonds. The van der Waals surface area contributed by atoms with Gasteiger partial charge in [-0.3, -0.25) is 0 Å². The van der Waals surface area contributed by atoms with Gasteiger partial charge in [-0.15, -0.1) is 0 Å². The maximum Gasteiger partial charge on any atom is 0.337 e. The van der Waals surface area contributed by atoms with Crippen LogP contribution in [0.25, 0.3) is 0 Å². The van der Waals surface area contributed by atoms with Crippen LogP contribution in [0.2, 0.25) is 5.02 Å². The van der Waals surface area contributed by atoms with Crippen molar-refractivity contribution >= 4 is 23.3 Å². The van der Waals surface area contributed by atoms with Crippen LogP contribution in [0.4, 0.5) is 5.69 Å². The van der Waals surface area contributed by atoms with E-state index in [-0.39, 0.29) is 5.56 Å². The lowest BCUT2D eigenvalue weighted by molar-refractivity contribution is -0.169. The number of hydrogen-bond donors (Lipinski definition) is 1.